The van der Waals surface area contributed by atoms with Gasteiger partial charge in [0.25, 0.3) is 0 Å². The molecule has 0 aliphatic heterocycles. The Labute approximate surface area is 60.5 Å². The summed E-state index contributed by atoms with van der Waals surface area (Å²) in [5.41, 5.74) is 0. The van der Waals surface area contributed by atoms with E-state index < -0.39 is 0 Å². The van der Waals surface area contributed by atoms with Gasteiger partial charge < -0.3 is 4.74 Å². The molecule has 54 valence electrons. The van der Waals surface area contributed by atoms with Gasteiger partial charge in [0.15, 0.2) is 0 Å². The Kier molecular flexibility index (Phi) is 5.01. The van der Waals surface area contributed by atoms with E-state index in [0.29, 0.717) is 6.61 Å². The van der Waals surface area contributed by atoms with E-state index in [-0.39, 0.29) is 6.02 Å². The van der Waals surface area contributed by atoms with E-state index in [1.807, 2.05) is 6.92 Å². The van der Waals surface area contributed by atoms with Crippen LogP contribution in [0.4, 0.5) is 0 Å². The standard InChI is InChI=1S/C7H10N2O/c1-4-8-7(9-5-2)10-6-3/h4H,1-2,6H2,3H3/b8-7+. The smallest absolute Gasteiger partial charge is 0.324 e. The normalized spacial score (nSPS) is 9.90. The van der Waals surface area contributed by atoms with Crippen LogP contribution in [-0.2, 0) is 4.74 Å². The molecule has 0 amide bonds. The van der Waals surface area contributed by atoms with Crippen LogP contribution in [0, 0.1) is 0 Å². The summed E-state index contributed by atoms with van der Waals surface area (Å²) in [6.07, 6.45) is 1.35. The molecule has 0 aromatic rings. The van der Waals surface area contributed by atoms with Crippen LogP contribution in [0.3, 0.4) is 0 Å². The first-order valence-corrected chi connectivity index (χ1v) is 2.89. The third kappa shape index (κ3) is 3.64. The lowest BCUT2D eigenvalue weighted by molar-refractivity contribution is 0.322. The van der Waals surface area contributed by atoms with Crippen molar-refractivity contribution >= 4 is 11.9 Å². The molecule has 0 aromatic heterocycles. The van der Waals surface area contributed by atoms with Gasteiger partial charge in [-0.15, -0.1) is 0 Å². The highest BCUT2D eigenvalue weighted by Gasteiger charge is 1.89. The zero-order valence-electron chi connectivity index (χ0n) is 6.00. The number of ether oxygens (including phenoxy) is 1. The quantitative estimate of drug-likeness (QED) is 0.419. The molecule has 0 saturated heterocycles. The van der Waals surface area contributed by atoms with Crippen LogP contribution in [0.25, 0.3) is 0 Å². The molecule has 0 bridgehead atoms. The molecule has 0 fully saturated rings. The number of rotatable bonds is 2. The predicted molar refractivity (Wildman–Crippen MR) is 42.3 cm³/mol. The van der Waals surface area contributed by atoms with Gasteiger partial charge in [0.2, 0.25) is 0 Å². The van der Waals surface area contributed by atoms with Crippen LogP contribution in [0.5, 0.6) is 0 Å². The van der Waals surface area contributed by atoms with Gasteiger partial charge in [0.05, 0.1) is 6.61 Å². The molecule has 0 aromatic carbocycles. The first-order chi connectivity index (χ1) is 4.85. The summed E-state index contributed by atoms with van der Waals surface area (Å²) < 4.78 is 4.93. The summed E-state index contributed by atoms with van der Waals surface area (Å²) in [6.45, 7) is 9.04. The Morgan fingerprint density at radius 3 is 2.90 bits per heavy atom. The van der Waals surface area contributed by atoms with E-state index in [1.165, 1.54) is 6.20 Å². The lowest BCUT2D eigenvalue weighted by Gasteiger charge is -1.96. The predicted octanol–water partition coefficient (Wildman–Crippen LogP) is 1.38. The Balaban J connectivity index is 4.09. The van der Waals surface area contributed by atoms with Crippen LogP contribution in [-0.4, -0.2) is 18.5 Å². The van der Waals surface area contributed by atoms with Crippen molar-refractivity contribution in [1.29, 1.82) is 0 Å². The van der Waals surface area contributed by atoms with Crippen molar-refractivity contribution in [1.82, 2.24) is 0 Å². The van der Waals surface area contributed by atoms with Crippen LogP contribution in [0.15, 0.2) is 29.3 Å². The van der Waals surface area contributed by atoms with E-state index in [0.717, 1.165) is 0 Å². The Hall–Kier alpha value is -1.34. The Morgan fingerprint density at radius 1 is 1.80 bits per heavy atom. The van der Waals surface area contributed by atoms with Crippen LogP contribution < -0.4 is 0 Å². The van der Waals surface area contributed by atoms with Crippen molar-refractivity contribution < 1.29 is 4.74 Å². The second kappa shape index (κ2) is 5.79. The largest absolute Gasteiger partial charge is 0.463 e. The van der Waals surface area contributed by atoms with Gasteiger partial charge >= 0.3 is 6.02 Å². The van der Waals surface area contributed by atoms with Crippen molar-refractivity contribution in [3.63, 3.8) is 0 Å². The van der Waals surface area contributed by atoms with E-state index in [1.54, 1.807) is 0 Å². The van der Waals surface area contributed by atoms with E-state index in [4.69, 9.17) is 4.74 Å². The van der Waals surface area contributed by atoms with E-state index >= 15 is 0 Å². The molecule has 0 N–H and O–H groups in total. The third-order valence-electron chi connectivity index (χ3n) is 0.650. The lowest BCUT2D eigenvalue weighted by atomic mass is 10.8. The van der Waals surface area contributed by atoms with Crippen molar-refractivity contribution in [2.45, 2.75) is 6.92 Å². The number of nitrogens with zero attached hydrogens (tertiary/aromatic N) is 2. The number of hydrogen-bond acceptors (Lipinski definition) is 2. The number of aliphatic imine (C=N–C) groups is 2. The number of amidine groups is 1. The summed E-state index contributed by atoms with van der Waals surface area (Å²) in [6, 6.07) is 0.243. The lowest BCUT2D eigenvalue weighted by Crippen LogP contribution is -1.99. The van der Waals surface area contributed by atoms with Gasteiger partial charge in [-0.1, -0.05) is 6.58 Å². The summed E-state index contributed by atoms with van der Waals surface area (Å²) in [5, 5.41) is 0. The minimum Gasteiger partial charge on any atom is -0.463 e. The van der Waals surface area contributed by atoms with Crippen LogP contribution in [0.2, 0.25) is 0 Å². The molecule has 0 saturated carbocycles. The summed E-state index contributed by atoms with van der Waals surface area (Å²) in [4.78, 5) is 7.29. The maximum absolute atomic E-state index is 4.93. The van der Waals surface area contributed by atoms with E-state index in [2.05, 4.69) is 29.0 Å². The highest BCUT2D eigenvalue weighted by molar-refractivity contribution is 5.81. The molecule has 0 heterocycles. The maximum atomic E-state index is 4.93. The van der Waals surface area contributed by atoms with Gasteiger partial charge in [-0.2, -0.15) is 4.99 Å². The highest BCUT2D eigenvalue weighted by atomic mass is 16.5. The van der Waals surface area contributed by atoms with Crippen molar-refractivity contribution in [2.24, 2.45) is 9.98 Å². The van der Waals surface area contributed by atoms with Crippen molar-refractivity contribution in [3.8, 4) is 0 Å². The van der Waals surface area contributed by atoms with Gasteiger partial charge in [-0.05, 0) is 19.4 Å². The second-order valence-corrected chi connectivity index (χ2v) is 1.30. The van der Waals surface area contributed by atoms with Gasteiger partial charge in [0.1, 0.15) is 0 Å². The average molecular weight is 138 g/mol. The molecule has 0 rings (SSSR count). The zero-order chi connectivity index (χ0) is 7.82. The fourth-order valence-electron chi connectivity index (χ4n) is 0.373. The monoisotopic (exact) mass is 138 g/mol. The third-order valence-corrected chi connectivity index (χ3v) is 0.650. The fraction of sp³-hybridized carbons (Fsp3) is 0.286. The van der Waals surface area contributed by atoms with Crippen LogP contribution >= 0.6 is 0 Å². The highest BCUT2D eigenvalue weighted by Crippen LogP contribution is 1.83. The minimum absolute atomic E-state index is 0.243. The fourth-order valence-corrected chi connectivity index (χ4v) is 0.373. The molecular formula is C7H10N2O. The first-order valence-electron chi connectivity index (χ1n) is 2.89. The molecule has 0 unspecified atom stereocenters. The SMILES string of the molecule is C=C=N/C(=N\C=C)OCC. The molecule has 3 nitrogen and oxygen atoms in total. The van der Waals surface area contributed by atoms with Gasteiger partial charge in [0, 0.05) is 6.20 Å². The summed E-state index contributed by atoms with van der Waals surface area (Å²) in [7, 11) is 0. The van der Waals surface area contributed by atoms with Gasteiger partial charge in [-0.25, -0.2) is 4.99 Å². The second-order valence-electron chi connectivity index (χ2n) is 1.30. The molecule has 0 aliphatic rings. The molecular weight excluding hydrogens is 128 g/mol. The van der Waals surface area contributed by atoms with Crippen molar-refractivity contribution in [3.05, 3.63) is 19.4 Å². The summed E-state index contributed by atoms with van der Waals surface area (Å²) in [5.74, 6) is 2.31. The molecule has 10 heavy (non-hydrogen) atoms. The Bertz CT molecular complexity index is 178. The van der Waals surface area contributed by atoms with Crippen molar-refractivity contribution in [2.75, 3.05) is 6.61 Å². The summed E-state index contributed by atoms with van der Waals surface area (Å²) >= 11 is 0. The number of hydrogen-bond donors (Lipinski definition) is 0. The maximum Gasteiger partial charge on any atom is 0.324 e. The minimum atomic E-state index is 0.243. The molecule has 0 aliphatic carbocycles. The molecule has 0 radical (unpaired) electrons. The van der Waals surface area contributed by atoms with Crippen LogP contribution in [0.1, 0.15) is 6.92 Å². The topological polar surface area (TPSA) is 34.0 Å². The van der Waals surface area contributed by atoms with E-state index in [9.17, 15) is 0 Å². The zero-order valence-corrected chi connectivity index (χ0v) is 6.00. The molecule has 3 heteroatoms. The van der Waals surface area contributed by atoms with Gasteiger partial charge in [-0.3, -0.25) is 0 Å². The molecule has 0 spiro atoms. The Morgan fingerprint density at radius 2 is 2.50 bits per heavy atom. The average Bonchev–Trinajstić information content (AvgIpc) is 1.90. The molecule has 0 atom stereocenters. The first kappa shape index (κ1) is 8.66.